The van der Waals surface area contributed by atoms with E-state index in [-0.39, 0.29) is 18.2 Å². The normalized spacial score (nSPS) is 29.4. The molecular weight excluding hydrogens is 230 g/mol. The maximum Gasteiger partial charge on any atom is 0.303 e. The molecule has 0 radical (unpaired) electrons. The molecule has 2 fully saturated rings. The van der Waals surface area contributed by atoms with Crippen molar-refractivity contribution < 1.29 is 14.7 Å². The Balaban J connectivity index is 1.54. The summed E-state index contributed by atoms with van der Waals surface area (Å²) >= 11 is 0. The number of hydrogen-bond donors (Lipinski definition) is 2. The van der Waals surface area contributed by atoms with E-state index in [9.17, 15) is 9.59 Å². The van der Waals surface area contributed by atoms with Crippen LogP contribution in [-0.4, -0.2) is 23.5 Å². The number of carbonyl (C=O) groups is 2. The number of carbonyl (C=O) groups excluding carboxylic acids is 1. The highest BCUT2D eigenvalue weighted by Crippen LogP contribution is 2.48. The Labute approximate surface area is 108 Å². The predicted octanol–water partition coefficient (Wildman–Crippen LogP) is 2.18. The average molecular weight is 253 g/mol. The lowest BCUT2D eigenvalue weighted by molar-refractivity contribution is -0.137. The smallest absolute Gasteiger partial charge is 0.303 e. The number of rotatable bonds is 7. The Hall–Kier alpha value is -1.06. The lowest BCUT2D eigenvalue weighted by atomic mass is 9.88. The van der Waals surface area contributed by atoms with E-state index >= 15 is 0 Å². The van der Waals surface area contributed by atoms with Crippen LogP contribution >= 0.6 is 0 Å². The second kappa shape index (κ2) is 6.21. The molecule has 0 spiro atoms. The fraction of sp³-hybridized carbons (Fsp3) is 0.857. The number of unbranched alkanes of at least 4 members (excludes halogenated alkanes) is 2. The number of nitrogens with one attached hydrogen (secondary N) is 1. The van der Waals surface area contributed by atoms with Gasteiger partial charge in [0.25, 0.3) is 0 Å². The number of fused-ring (bicyclic) bond motifs is 2. The predicted molar refractivity (Wildman–Crippen MR) is 68.1 cm³/mol. The van der Waals surface area contributed by atoms with Crippen molar-refractivity contribution in [2.24, 2.45) is 17.8 Å². The summed E-state index contributed by atoms with van der Waals surface area (Å²) < 4.78 is 0. The Bertz CT molecular complexity index is 316. The Morgan fingerprint density at radius 1 is 1.11 bits per heavy atom. The van der Waals surface area contributed by atoms with Crippen LogP contribution in [0.25, 0.3) is 0 Å². The van der Waals surface area contributed by atoms with Crippen LogP contribution in [0.1, 0.15) is 51.4 Å². The highest BCUT2D eigenvalue weighted by atomic mass is 16.4. The minimum atomic E-state index is -0.735. The van der Waals surface area contributed by atoms with E-state index in [1.807, 2.05) is 0 Å². The van der Waals surface area contributed by atoms with E-state index < -0.39 is 5.97 Å². The van der Waals surface area contributed by atoms with Crippen molar-refractivity contribution in [3.8, 4) is 0 Å². The molecule has 0 saturated heterocycles. The van der Waals surface area contributed by atoms with Gasteiger partial charge >= 0.3 is 5.97 Å². The molecule has 0 aromatic rings. The van der Waals surface area contributed by atoms with Crippen LogP contribution in [0.15, 0.2) is 0 Å². The standard InChI is InChI=1S/C14H23NO3/c16-13(17)4-2-1-3-7-15-14(18)12-9-10-5-6-11(12)8-10/h10-12H,1-9H2,(H,15,18)(H,16,17). The van der Waals surface area contributed by atoms with Gasteiger partial charge in [-0.25, -0.2) is 0 Å². The number of hydrogen-bond acceptors (Lipinski definition) is 2. The zero-order chi connectivity index (χ0) is 13.0. The van der Waals surface area contributed by atoms with Gasteiger partial charge in [0.05, 0.1) is 0 Å². The Kier molecular flexibility index (Phi) is 4.61. The van der Waals surface area contributed by atoms with Crippen molar-refractivity contribution in [2.75, 3.05) is 6.54 Å². The molecule has 18 heavy (non-hydrogen) atoms. The first-order chi connectivity index (χ1) is 8.66. The second-order valence-corrected chi connectivity index (χ2v) is 5.78. The molecule has 4 heteroatoms. The maximum atomic E-state index is 12.0. The largest absolute Gasteiger partial charge is 0.481 e. The lowest BCUT2D eigenvalue weighted by Gasteiger charge is -2.20. The summed E-state index contributed by atoms with van der Waals surface area (Å²) in [6.07, 6.45) is 7.63. The minimum absolute atomic E-state index is 0.236. The van der Waals surface area contributed by atoms with Crippen molar-refractivity contribution in [1.82, 2.24) is 5.32 Å². The van der Waals surface area contributed by atoms with Crippen molar-refractivity contribution in [3.05, 3.63) is 0 Å². The molecule has 0 heterocycles. The van der Waals surface area contributed by atoms with Gasteiger partial charge in [-0.1, -0.05) is 12.8 Å². The summed E-state index contributed by atoms with van der Waals surface area (Å²) in [6, 6.07) is 0. The number of carboxylic acid groups (broad SMARTS) is 1. The third kappa shape index (κ3) is 3.47. The summed E-state index contributed by atoms with van der Waals surface area (Å²) in [5.74, 6) is 1.22. The molecule has 102 valence electrons. The third-order valence-corrected chi connectivity index (χ3v) is 4.44. The van der Waals surface area contributed by atoms with Gasteiger partial charge in [-0.05, 0) is 43.9 Å². The van der Waals surface area contributed by atoms with Gasteiger partial charge < -0.3 is 10.4 Å². The van der Waals surface area contributed by atoms with E-state index in [1.54, 1.807) is 0 Å². The van der Waals surface area contributed by atoms with Gasteiger partial charge in [0.1, 0.15) is 0 Å². The molecular formula is C14H23NO3. The number of aliphatic carboxylic acids is 1. The summed E-state index contributed by atoms with van der Waals surface area (Å²) in [7, 11) is 0. The van der Waals surface area contributed by atoms with E-state index in [1.165, 1.54) is 19.3 Å². The topological polar surface area (TPSA) is 66.4 Å². The van der Waals surface area contributed by atoms with Crippen LogP contribution < -0.4 is 5.32 Å². The molecule has 1 amide bonds. The Morgan fingerprint density at radius 2 is 1.94 bits per heavy atom. The fourth-order valence-corrected chi connectivity index (χ4v) is 3.49. The van der Waals surface area contributed by atoms with Crippen molar-refractivity contribution in [2.45, 2.75) is 51.4 Å². The van der Waals surface area contributed by atoms with Gasteiger partial charge in [0.2, 0.25) is 5.91 Å². The first kappa shape index (κ1) is 13.4. The van der Waals surface area contributed by atoms with Gasteiger partial charge in [0, 0.05) is 18.9 Å². The molecule has 2 rings (SSSR count). The van der Waals surface area contributed by atoms with Crippen molar-refractivity contribution in [1.29, 1.82) is 0 Å². The molecule has 3 atom stereocenters. The second-order valence-electron chi connectivity index (χ2n) is 5.78. The molecule has 0 aliphatic heterocycles. The number of amides is 1. The maximum absolute atomic E-state index is 12.0. The van der Waals surface area contributed by atoms with E-state index in [0.717, 1.165) is 25.2 Å². The molecule has 4 nitrogen and oxygen atoms in total. The summed E-state index contributed by atoms with van der Waals surface area (Å²) in [6.45, 7) is 0.701. The van der Waals surface area contributed by atoms with E-state index in [2.05, 4.69) is 5.32 Å². The van der Waals surface area contributed by atoms with Crippen molar-refractivity contribution in [3.63, 3.8) is 0 Å². The van der Waals surface area contributed by atoms with Crippen LogP contribution in [0.3, 0.4) is 0 Å². The highest BCUT2D eigenvalue weighted by Gasteiger charge is 2.42. The molecule has 2 saturated carbocycles. The van der Waals surface area contributed by atoms with Gasteiger partial charge in [-0.15, -0.1) is 0 Å². The monoisotopic (exact) mass is 253 g/mol. The highest BCUT2D eigenvalue weighted by molar-refractivity contribution is 5.79. The van der Waals surface area contributed by atoms with Gasteiger partial charge in [0.15, 0.2) is 0 Å². The first-order valence-electron chi connectivity index (χ1n) is 7.16. The number of carboxylic acids is 1. The zero-order valence-corrected chi connectivity index (χ0v) is 10.9. The average Bonchev–Trinajstić information content (AvgIpc) is 2.94. The molecule has 2 N–H and O–H groups in total. The van der Waals surface area contributed by atoms with Crippen LogP contribution in [0.5, 0.6) is 0 Å². The summed E-state index contributed by atoms with van der Waals surface area (Å²) in [5, 5.41) is 11.5. The van der Waals surface area contributed by atoms with Crippen LogP contribution in [-0.2, 0) is 9.59 Å². The zero-order valence-electron chi connectivity index (χ0n) is 10.9. The lowest BCUT2D eigenvalue weighted by Crippen LogP contribution is -2.34. The minimum Gasteiger partial charge on any atom is -0.481 e. The third-order valence-electron chi connectivity index (χ3n) is 4.44. The molecule has 2 bridgehead atoms. The van der Waals surface area contributed by atoms with Crippen LogP contribution in [0.2, 0.25) is 0 Å². The Morgan fingerprint density at radius 3 is 2.56 bits per heavy atom. The van der Waals surface area contributed by atoms with Gasteiger partial charge in [-0.2, -0.15) is 0 Å². The molecule has 3 unspecified atom stereocenters. The molecule has 0 aromatic heterocycles. The quantitative estimate of drug-likeness (QED) is 0.683. The fourth-order valence-electron chi connectivity index (χ4n) is 3.49. The van der Waals surface area contributed by atoms with Crippen LogP contribution in [0.4, 0.5) is 0 Å². The first-order valence-corrected chi connectivity index (χ1v) is 7.16. The molecule has 2 aliphatic carbocycles. The van der Waals surface area contributed by atoms with E-state index in [4.69, 9.17) is 5.11 Å². The van der Waals surface area contributed by atoms with E-state index in [0.29, 0.717) is 18.9 Å². The van der Waals surface area contributed by atoms with Gasteiger partial charge in [-0.3, -0.25) is 9.59 Å². The molecule has 2 aliphatic rings. The summed E-state index contributed by atoms with van der Waals surface area (Å²) in [4.78, 5) is 22.3. The molecule has 0 aromatic carbocycles. The van der Waals surface area contributed by atoms with Crippen LogP contribution in [0, 0.1) is 17.8 Å². The summed E-state index contributed by atoms with van der Waals surface area (Å²) in [5.41, 5.74) is 0. The van der Waals surface area contributed by atoms with Crippen molar-refractivity contribution >= 4 is 11.9 Å². The SMILES string of the molecule is O=C(O)CCCCCNC(=O)C1CC2CCC1C2.